The van der Waals surface area contributed by atoms with Crippen molar-refractivity contribution in [1.82, 2.24) is 0 Å². The highest BCUT2D eigenvalue weighted by Gasteiger charge is 2.30. The molecular formula is C22H25NO4S. The smallest absolute Gasteiger partial charge is 0.334 e. The van der Waals surface area contributed by atoms with Crippen LogP contribution in [0.4, 0.5) is 5.69 Å². The van der Waals surface area contributed by atoms with Gasteiger partial charge in [-0.2, -0.15) is 0 Å². The summed E-state index contributed by atoms with van der Waals surface area (Å²) in [4.78, 5) is 14.0. The van der Waals surface area contributed by atoms with E-state index in [2.05, 4.69) is 6.92 Å². The fraction of sp³-hybridized carbons (Fsp3) is 0.318. The van der Waals surface area contributed by atoms with Crippen molar-refractivity contribution in [2.45, 2.75) is 37.3 Å². The van der Waals surface area contributed by atoms with Crippen molar-refractivity contribution < 1.29 is 18.7 Å². The Hall–Kier alpha value is -2.60. The molecule has 28 heavy (non-hydrogen) atoms. The van der Waals surface area contributed by atoms with Gasteiger partial charge in [0.25, 0.3) is 0 Å². The lowest BCUT2D eigenvalue weighted by Crippen LogP contribution is -2.34. The summed E-state index contributed by atoms with van der Waals surface area (Å²) in [7, 11) is 0. The molecule has 1 N–H and O–H groups in total. The number of carboxylic acids is 1. The lowest BCUT2D eigenvalue weighted by molar-refractivity contribution is -0.139. The Balaban J connectivity index is 1.74. The third kappa shape index (κ3) is 5.23. The van der Waals surface area contributed by atoms with Crippen molar-refractivity contribution in [2.75, 3.05) is 11.4 Å². The van der Waals surface area contributed by atoms with Crippen LogP contribution in [0.15, 0.2) is 69.7 Å². The van der Waals surface area contributed by atoms with Gasteiger partial charge in [-0.15, -0.1) is 11.8 Å². The molecule has 0 amide bonds. The standard InChI is InChI=1S/C22H25NO4S/c1-2-3-13-23(17-8-5-4-6-9-17)21(22(24)25)20-12-11-19(27-20)16-28-15-18-10-7-14-26-18/h4-12,14,21H,2-3,13,15-16H2,1H3,(H,24,25). The normalized spacial score (nSPS) is 12.0. The molecule has 2 heterocycles. The molecule has 1 atom stereocenters. The summed E-state index contributed by atoms with van der Waals surface area (Å²) >= 11 is 1.67. The van der Waals surface area contributed by atoms with Gasteiger partial charge in [-0.25, -0.2) is 4.79 Å². The van der Waals surface area contributed by atoms with Crippen molar-refractivity contribution in [2.24, 2.45) is 0 Å². The molecule has 0 aliphatic heterocycles. The summed E-state index contributed by atoms with van der Waals surface area (Å²) in [6.07, 6.45) is 3.56. The molecule has 148 valence electrons. The molecule has 0 saturated carbocycles. The molecule has 2 aromatic heterocycles. The van der Waals surface area contributed by atoms with Crippen LogP contribution >= 0.6 is 11.8 Å². The van der Waals surface area contributed by atoms with Gasteiger partial charge in [-0.1, -0.05) is 31.5 Å². The van der Waals surface area contributed by atoms with Gasteiger partial charge in [0.2, 0.25) is 0 Å². The molecule has 0 aliphatic rings. The van der Waals surface area contributed by atoms with Crippen LogP contribution in [-0.4, -0.2) is 17.6 Å². The fourth-order valence-electron chi connectivity index (χ4n) is 3.03. The summed E-state index contributed by atoms with van der Waals surface area (Å²) in [5, 5.41) is 9.95. The third-order valence-corrected chi connectivity index (χ3v) is 5.38. The second kappa shape index (κ2) is 10.1. The molecule has 0 radical (unpaired) electrons. The van der Waals surface area contributed by atoms with Crippen molar-refractivity contribution in [3.63, 3.8) is 0 Å². The number of anilines is 1. The average molecular weight is 400 g/mol. The van der Waals surface area contributed by atoms with Crippen LogP contribution in [0.25, 0.3) is 0 Å². The highest BCUT2D eigenvalue weighted by molar-refractivity contribution is 7.97. The molecule has 1 aromatic carbocycles. The molecule has 0 bridgehead atoms. The van der Waals surface area contributed by atoms with E-state index >= 15 is 0 Å². The number of unbranched alkanes of at least 4 members (excludes halogenated alkanes) is 1. The SMILES string of the molecule is CCCCN(c1ccccc1)C(C(=O)O)c1ccc(CSCc2ccco2)o1. The number of para-hydroxylation sites is 1. The predicted octanol–water partition coefficient (Wildman–Crippen LogP) is 5.74. The zero-order chi connectivity index (χ0) is 19.8. The summed E-state index contributed by atoms with van der Waals surface area (Å²) in [5.41, 5.74) is 0.883. The monoisotopic (exact) mass is 399 g/mol. The van der Waals surface area contributed by atoms with Gasteiger partial charge >= 0.3 is 5.97 Å². The van der Waals surface area contributed by atoms with Crippen LogP contribution in [0.1, 0.15) is 43.1 Å². The van der Waals surface area contributed by atoms with E-state index in [1.807, 2.05) is 53.4 Å². The van der Waals surface area contributed by atoms with Gasteiger partial charge in [0.15, 0.2) is 6.04 Å². The summed E-state index contributed by atoms with van der Waals surface area (Å²) in [6, 6.07) is 16.3. The Kier molecular flexibility index (Phi) is 7.25. The van der Waals surface area contributed by atoms with Gasteiger partial charge in [-0.05, 0) is 42.8 Å². The van der Waals surface area contributed by atoms with Crippen molar-refractivity contribution in [1.29, 1.82) is 0 Å². The topological polar surface area (TPSA) is 66.8 Å². The molecule has 6 heteroatoms. The highest BCUT2D eigenvalue weighted by Crippen LogP contribution is 2.30. The van der Waals surface area contributed by atoms with E-state index in [0.717, 1.165) is 35.8 Å². The first-order valence-corrected chi connectivity index (χ1v) is 10.6. The van der Waals surface area contributed by atoms with Crippen LogP contribution in [0, 0.1) is 0 Å². The highest BCUT2D eigenvalue weighted by atomic mass is 32.2. The number of furan rings is 2. The number of nitrogens with zero attached hydrogens (tertiary/aromatic N) is 1. The molecule has 0 saturated heterocycles. The molecule has 1 unspecified atom stereocenters. The zero-order valence-electron chi connectivity index (χ0n) is 15.9. The number of thioether (sulfide) groups is 1. The minimum atomic E-state index is -0.913. The summed E-state index contributed by atoms with van der Waals surface area (Å²) < 4.78 is 11.3. The van der Waals surface area contributed by atoms with Crippen LogP contribution < -0.4 is 4.90 Å². The predicted molar refractivity (Wildman–Crippen MR) is 111 cm³/mol. The van der Waals surface area contributed by atoms with Crippen LogP contribution in [0.5, 0.6) is 0 Å². The van der Waals surface area contributed by atoms with E-state index in [1.54, 1.807) is 24.1 Å². The van der Waals surface area contributed by atoms with E-state index in [0.29, 0.717) is 18.1 Å². The first-order chi connectivity index (χ1) is 13.7. The van der Waals surface area contributed by atoms with E-state index in [1.165, 1.54) is 0 Å². The Morgan fingerprint density at radius 1 is 1.07 bits per heavy atom. The molecule has 0 spiro atoms. The van der Waals surface area contributed by atoms with E-state index in [4.69, 9.17) is 8.83 Å². The van der Waals surface area contributed by atoms with Crippen LogP contribution in [-0.2, 0) is 16.3 Å². The number of aliphatic carboxylic acids is 1. The second-order valence-corrected chi connectivity index (χ2v) is 7.49. The maximum absolute atomic E-state index is 12.1. The van der Waals surface area contributed by atoms with Crippen molar-refractivity contribution in [3.05, 3.63) is 78.1 Å². The molecule has 3 aromatic rings. The largest absolute Gasteiger partial charge is 0.479 e. The number of carbonyl (C=O) groups is 1. The van der Waals surface area contributed by atoms with Gasteiger partial charge in [0.1, 0.15) is 17.3 Å². The maximum Gasteiger partial charge on any atom is 0.334 e. The number of carboxylic acid groups (broad SMARTS) is 1. The Morgan fingerprint density at radius 2 is 1.86 bits per heavy atom. The molecule has 0 aliphatic carbocycles. The average Bonchev–Trinajstić information content (AvgIpc) is 3.38. The lowest BCUT2D eigenvalue weighted by atomic mass is 10.1. The lowest BCUT2D eigenvalue weighted by Gasteiger charge is -2.29. The Bertz CT molecular complexity index is 845. The minimum Gasteiger partial charge on any atom is -0.479 e. The first-order valence-electron chi connectivity index (χ1n) is 9.42. The summed E-state index contributed by atoms with van der Waals surface area (Å²) in [6.45, 7) is 2.75. The molecule has 3 rings (SSSR count). The van der Waals surface area contributed by atoms with Gasteiger partial charge in [0, 0.05) is 12.2 Å². The van der Waals surface area contributed by atoms with Gasteiger partial charge in [-0.3, -0.25) is 0 Å². The van der Waals surface area contributed by atoms with E-state index < -0.39 is 12.0 Å². The second-order valence-electron chi connectivity index (χ2n) is 6.50. The maximum atomic E-state index is 12.1. The van der Waals surface area contributed by atoms with Crippen LogP contribution in [0.2, 0.25) is 0 Å². The number of hydrogen-bond acceptors (Lipinski definition) is 5. The van der Waals surface area contributed by atoms with Gasteiger partial charge in [0.05, 0.1) is 17.8 Å². The minimum absolute atomic E-state index is 0.459. The summed E-state index contributed by atoms with van der Waals surface area (Å²) in [5.74, 6) is 2.63. The Morgan fingerprint density at radius 3 is 2.54 bits per heavy atom. The third-order valence-electron chi connectivity index (χ3n) is 4.41. The number of benzene rings is 1. The molecular weight excluding hydrogens is 374 g/mol. The number of hydrogen-bond donors (Lipinski definition) is 1. The van der Waals surface area contributed by atoms with Gasteiger partial charge < -0.3 is 18.8 Å². The van der Waals surface area contributed by atoms with E-state index in [-0.39, 0.29) is 0 Å². The molecule has 5 nitrogen and oxygen atoms in total. The zero-order valence-corrected chi connectivity index (χ0v) is 16.7. The Labute approximate surface area is 169 Å². The first kappa shape index (κ1) is 20.1. The molecule has 0 fully saturated rings. The van der Waals surface area contributed by atoms with E-state index in [9.17, 15) is 9.90 Å². The van der Waals surface area contributed by atoms with Crippen molar-refractivity contribution >= 4 is 23.4 Å². The van der Waals surface area contributed by atoms with Crippen LogP contribution in [0.3, 0.4) is 0 Å². The fourth-order valence-corrected chi connectivity index (χ4v) is 3.85. The quantitative estimate of drug-likeness (QED) is 0.443. The number of rotatable bonds is 11. The van der Waals surface area contributed by atoms with Crippen molar-refractivity contribution in [3.8, 4) is 0 Å².